The molecule has 100 valence electrons. The molecule has 0 fully saturated rings. The number of nitrogens with zero attached hydrogens (tertiary/aromatic N) is 1. The summed E-state index contributed by atoms with van der Waals surface area (Å²) in [6, 6.07) is 14.3. The van der Waals surface area contributed by atoms with Crippen LogP contribution in [0.4, 0.5) is 5.69 Å². The van der Waals surface area contributed by atoms with E-state index in [4.69, 9.17) is 22.3 Å². The Hall–Kier alpha value is -1.64. The van der Waals surface area contributed by atoms with Gasteiger partial charge in [-0.25, -0.2) is 0 Å². The quantitative estimate of drug-likeness (QED) is 0.778. The van der Waals surface area contributed by atoms with Gasteiger partial charge in [-0.2, -0.15) is 0 Å². The van der Waals surface area contributed by atoms with E-state index in [0.29, 0.717) is 5.92 Å². The van der Waals surface area contributed by atoms with Crippen LogP contribution in [0.15, 0.2) is 47.5 Å². The van der Waals surface area contributed by atoms with Crippen LogP contribution in [0, 0.1) is 5.92 Å². The first-order valence-corrected chi connectivity index (χ1v) is 7.34. The Balaban J connectivity index is 1.93. The fourth-order valence-corrected chi connectivity index (χ4v) is 3.57. The summed E-state index contributed by atoms with van der Waals surface area (Å²) in [4.78, 5) is 4.88. The Morgan fingerprint density at radius 3 is 2.90 bits per heavy atom. The van der Waals surface area contributed by atoms with E-state index in [0.717, 1.165) is 29.3 Å². The lowest BCUT2D eigenvalue weighted by atomic mass is 9.75. The topological polar surface area (TPSA) is 38.4 Å². The number of rotatable bonds is 0. The molecule has 0 saturated heterocycles. The fraction of sp³-hybridized carbons (Fsp3) is 0.235. The van der Waals surface area contributed by atoms with Gasteiger partial charge in [0.2, 0.25) is 0 Å². The van der Waals surface area contributed by atoms with Crippen LogP contribution in [0.3, 0.4) is 0 Å². The highest BCUT2D eigenvalue weighted by Gasteiger charge is 2.34. The number of hydrogen-bond donors (Lipinski definition) is 1. The number of hydrogen-bond acceptors (Lipinski definition) is 2. The second-order valence-electron chi connectivity index (χ2n) is 5.53. The van der Waals surface area contributed by atoms with Gasteiger partial charge in [0.15, 0.2) is 0 Å². The Morgan fingerprint density at radius 2 is 2.00 bits per heavy atom. The zero-order chi connectivity index (χ0) is 13.7. The van der Waals surface area contributed by atoms with Gasteiger partial charge in [-0.05, 0) is 47.7 Å². The van der Waals surface area contributed by atoms with Crippen molar-refractivity contribution < 1.29 is 0 Å². The highest BCUT2D eigenvalue weighted by Crippen LogP contribution is 2.41. The third-order valence-corrected chi connectivity index (χ3v) is 4.62. The predicted octanol–water partition coefficient (Wildman–Crippen LogP) is 4.04. The summed E-state index contributed by atoms with van der Waals surface area (Å²) in [6.45, 7) is 0. The predicted molar refractivity (Wildman–Crippen MR) is 82.8 cm³/mol. The summed E-state index contributed by atoms with van der Waals surface area (Å²) >= 11 is 6.10. The van der Waals surface area contributed by atoms with Gasteiger partial charge in [0, 0.05) is 17.0 Å². The molecule has 2 atom stereocenters. The molecule has 20 heavy (non-hydrogen) atoms. The summed E-state index contributed by atoms with van der Waals surface area (Å²) in [5.41, 5.74) is 12.3. The minimum atomic E-state index is 0.0440. The maximum atomic E-state index is 6.48. The van der Waals surface area contributed by atoms with E-state index in [-0.39, 0.29) is 6.04 Å². The first kappa shape index (κ1) is 12.1. The summed E-state index contributed by atoms with van der Waals surface area (Å²) in [5.74, 6) is 0.318. The smallest absolute Gasteiger partial charge is 0.0681 e. The molecule has 2 unspecified atom stereocenters. The number of fused-ring (bicyclic) bond motifs is 4. The summed E-state index contributed by atoms with van der Waals surface area (Å²) in [6.07, 6.45) is 2.07. The van der Waals surface area contributed by atoms with Gasteiger partial charge in [-0.3, -0.25) is 4.99 Å². The van der Waals surface area contributed by atoms with Crippen molar-refractivity contribution in [2.75, 3.05) is 0 Å². The van der Waals surface area contributed by atoms with E-state index < -0.39 is 0 Å². The van der Waals surface area contributed by atoms with Gasteiger partial charge in [0.1, 0.15) is 0 Å². The van der Waals surface area contributed by atoms with E-state index in [9.17, 15) is 0 Å². The molecule has 1 aliphatic carbocycles. The molecular weight excluding hydrogens is 268 g/mol. The first-order chi connectivity index (χ1) is 9.74. The standard InChI is InChI=1S/C17H15ClN2/c18-11-6-8-12-10(9-11)5-7-14-16(19)13-3-1-2-4-15(13)20-17(12)14/h1-4,6,8-9,14,16H,5,7,19H2. The van der Waals surface area contributed by atoms with Crippen molar-refractivity contribution in [2.45, 2.75) is 18.9 Å². The molecule has 2 nitrogen and oxygen atoms in total. The Bertz CT molecular complexity index is 721. The fourth-order valence-electron chi connectivity index (χ4n) is 3.38. The molecule has 2 aromatic carbocycles. The monoisotopic (exact) mass is 282 g/mol. The maximum absolute atomic E-state index is 6.48. The minimum Gasteiger partial charge on any atom is -0.323 e. The van der Waals surface area contributed by atoms with Crippen LogP contribution in [0.2, 0.25) is 5.02 Å². The van der Waals surface area contributed by atoms with E-state index in [1.54, 1.807) is 0 Å². The molecule has 2 aliphatic rings. The van der Waals surface area contributed by atoms with Gasteiger partial charge in [0.25, 0.3) is 0 Å². The van der Waals surface area contributed by atoms with E-state index in [2.05, 4.69) is 18.2 Å². The highest BCUT2D eigenvalue weighted by atomic mass is 35.5. The lowest BCUT2D eigenvalue weighted by Crippen LogP contribution is -2.35. The maximum Gasteiger partial charge on any atom is 0.0681 e. The Morgan fingerprint density at radius 1 is 1.15 bits per heavy atom. The molecule has 0 amide bonds. The molecule has 2 aromatic rings. The zero-order valence-corrected chi connectivity index (χ0v) is 11.8. The third-order valence-electron chi connectivity index (χ3n) is 4.39. The normalized spacial score (nSPS) is 23.4. The van der Waals surface area contributed by atoms with Crippen LogP contribution in [0.5, 0.6) is 0 Å². The van der Waals surface area contributed by atoms with Gasteiger partial charge < -0.3 is 5.73 Å². The van der Waals surface area contributed by atoms with Crippen molar-refractivity contribution >= 4 is 23.0 Å². The molecule has 4 rings (SSSR count). The molecule has 1 heterocycles. The van der Waals surface area contributed by atoms with Crippen molar-refractivity contribution in [3.8, 4) is 0 Å². The molecule has 0 spiro atoms. The van der Waals surface area contributed by atoms with Crippen molar-refractivity contribution in [2.24, 2.45) is 16.6 Å². The van der Waals surface area contributed by atoms with Crippen LogP contribution >= 0.6 is 11.6 Å². The number of aliphatic imine (C=N–C) groups is 1. The van der Waals surface area contributed by atoms with Gasteiger partial charge in [-0.15, -0.1) is 0 Å². The summed E-state index contributed by atoms with van der Waals surface area (Å²) < 4.78 is 0. The molecule has 0 radical (unpaired) electrons. The van der Waals surface area contributed by atoms with Crippen LogP contribution in [0.25, 0.3) is 0 Å². The molecule has 3 heteroatoms. The van der Waals surface area contributed by atoms with Crippen molar-refractivity contribution in [1.82, 2.24) is 0 Å². The van der Waals surface area contributed by atoms with E-state index in [1.807, 2.05) is 24.3 Å². The summed E-state index contributed by atoms with van der Waals surface area (Å²) in [7, 11) is 0. The first-order valence-electron chi connectivity index (χ1n) is 6.96. The number of halogens is 1. The minimum absolute atomic E-state index is 0.0440. The number of para-hydroxylation sites is 1. The Kier molecular flexibility index (Phi) is 2.69. The number of benzene rings is 2. The average molecular weight is 283 g/mol. The van der Waals surface area contributed by atoms with Crippen LogP contribution in [0.1, 0.15) is 29.2 Å². The molecule has 0 aromatic heterocycles. The van der Waals surface area contributed by atoms with Crippen LogP contribution in [-0.2, 0) is 6.42 Å². The SMILES string of the molecule is NC1c2ccccc2N=C2c3ccc(Cl)cc3CCC21. The molecule has 2 N–H and O–H groups in total. The van der Waals surface area contributed by atoms with Gasteiger partial charge >= 0.3 is 0 Å². The van der Waals surface area contributed by atoms with Gasteiger partial charge in [0.05, 0.1) is 11.4 Å². The average Bonchev–Trinajstić information content (AvgIpc) is 2.47. The molecule has 0 saturated carbocycles. The van der Waals surface area contributed by atoms with Crippen molar-refractivity contribution in [3.05, 3.63) is 64.2 Å². The van der Waals surface area contributed by atoms with Crippen LogP contribution in [-0.4, -0.2) is 5.71 Å². The van der Waals surface area contributed by atoms with Crippen molar-refractivity contribution in [1.29, 1.82) is 0 Å². The molecule has 0 bridgehead atoms. The molecular formula is C17H15ClN2. The van der Waals surface area contributed by atoms with E-state index >= 15 is 0 Å². The largest absolute Gasteiger partial charge is 0.323 e. The molecule has 1 aliphatic heterocycles. The Labute approximate surface area is 123 Å². The lowest BCUT2D eigenvalue weighted by molar-refractivity contribution is 0.499. The van der Waals surface area contributed by atoms with Crippen molar-refractivity contribution in [3.63, 3.8) is 0 Å². The third kappa shape index (κ3) is 1.72. The summed E-state index contributed by atoms with van der Waals surface area (Å²) in [5, 5.41) is 0.795. The van der Waals surface area contributed by atoms with E-state index in [1.165, 1.54) is 16.7 Å². The highest BCUT2D eigenvalue weighted by molar-refractivity contribution is 6.30. The lowest BCUT2D eigenvalue weighted by Gasteiger charge is -2.35. The van der Waals surface area contributed by atoms with Gasteiger partial charge in [-0.1, -0.05) is 35.9 Å². The second kappa shape index (κ2) is 4.44. The number of nitrogens with two attached hydrogens (primary N) is 1. The number of aryl methyl sites for hydroxylation is 1. The zero-order valence-electron chi connectivity index (χ0n) is 11.0. The second-order valence-corrected chi connectivity index (χ2v) is 5.96. The van der Waals surface area contributed by atoms with Crippen LogP contribution < -0.4 is 5.73 Å².